The van der Waals surface area contributed by atoms with E-state index in [0.717, 1.165) is 11.1 Å². The lowest BCUT2D eigenvalue weighted by atomic mass is 9.86. The van der Waals surface area contributed by atoms with Gasteiger partial charge in [0.05, 0.1) is 25.0 Å². The second kappa shape index (κ2) is 15.1. The molecule has 1 amide bonds. The Labute approximate surface area is 298 Å². The van der Waals surface area contributed by atoms with Gasteiger partial charge in [-0.3, -0.25) is 9.52 Å². The standard InChI is InChI=1S/C38H42N6O6S/c1-37(2,3)25-17-19-26(20-18-25)51(46,47)44-33-32(50-30-16-11-10-15-29(30)48-7)36(43-35(42-33)34-39-22-12-23-40-34)49-24-21-31(45)41-28-14-9-8-13-27(28)38(4,5)6/h8-20,22-23H,21,24H2,1-7H3,(H,41,45)(H,42,43,44). The lowest BCUT2D eigenvalue weighted by molar-refractivity contribution is -0.116. The quantitative estimate of drug-likeness (QED) is 0.133. The largest absolute Gasteiger partial charge is 0.493 e. The highest BCUT2D eigenvalue weighted by atomic mass is 32.2. The Morgan fingerprint density at radius 1 is 0.765 bits per heavy atom. The number of sulfonamides is 1. The first-order chi connectivity index (χ1) is 24.2. The predicted molar refractivity (Wildman–Crippen MR) is 196 cm³/mol. The molecule has 0 aliphatic heterocycles. The normalized spacial score (nSPS) is 11.8. The van der Waals surface area contributed by atoms with E-state index in [2.05, 4.69) is 50.7 Å². The van der Waals surface area contributed by atoms with Crippen LogP contribution in [0.25, 0.3) is 11.6 Å². The molecule has 0 aliphatic rings. The van der Waals surface area contributed by atoms with E-state index in [1.54, 1.807) is 42.5 Å². The summed E-state index contributed by atoms with van der Waals surface area (Å²) in [6.07, 6.45) is 2.95. The van der Waals surface area contributed by atoms with Gasteiger partial charge in [0, 0.05) is 18.1 Å². The number of ether oxygens (including phenoxy) is 3. The van der Waals surface area contributed by atoms with Crippen molar-refractivity contribution < 1.29 is 27.4 Å². The van der Waals surface area contributed by atoms with Crippen LogP contribution in [0.5, 0.6) is 23.1 Å². The van der Waals surface area contributed by atoms with Crippen LogP contribution in [0.3, 0.4) is 0 Å². The van der Waals surface area contributed by atoms with Gasteiger partial charge in [-0.1, -0.05) is 84.0 Å². The van der Waals surface area contributed by atoms with Crippen LogP contribution in [0.15, 0.2) is 96.2 Å². The van der Waals surface area contributed by atoms with Crippen molar-refractivity contribution in [2.75, 3.05) is 23.8 Å². The van der Waals surface area contributed by atoms with E-state index in [0.29, 0.717) is 11.4 Å². The van der Waals surface area contributed by atoms with Gasteiger partial charge >= 0.3 is 0 Å². The summed E-state index contributed by atoms with van der Waals surface area (Å²) in [5.41, 5.74) is 2.28. The molecule has 5 rings (SSSR count). The number of hydrogen-bond donors (Lipinski definition) is 2. The lowest BCUT2D eigenvalue weighted by Crippen LogP contribution is -2.20. The molecule has 0 unspecified atom stereocenters. The molecule has 13 heteroatoms. The van der Waals surface area contributed by atoms with Crippen molar-refractivity contribution in [1.29, 1.82) is 0 Å². The summed E-state index contributed by atoms with van der Waals surface area (Å²) >= 11 is 0. The number of nitrogens with one attached hydrogen (secondary N) is 2. The van der Waals surface area contributed by atoms with E-state index in [9.17, 15) is 13.2 Å². The highest BCUT2D eigenvalue weighted by molar-refractivity contribution is 7.92. The monoisotopic (exact) mass is 710 g/mol. The van der Waals surface area contributed by atoms with E-state index in [1.807, 2.05) is 45.0 Å². The number of anilines is 2. The second-order valence-corrected chi connectivity index (χ2v) is 15.4. The van der Waals surface area contributed by atoms with Gasteiger partial charge in [-0.2, -0.15) is 4.98 Å². The summed E-state index contributed by atoms with van der Waals surface area (Å²) in [4.78, 5) is 30.7. The maximum absolute atomic E-state index is 13.8. The number of para-hydroxylation sites is 3. The van der Waals surface area contributed by atoms with Gasteiger partial charge in [0.1, 0.15) is 0 Å². The number of rotatable bonds is 12. The first-order valence-corrected chi connectivity index (χ1v) is 17.8. The topological polar surface area (TPSA) is 155 Å². The summed E-state index contributed by atoms with van der Waals surface area (Å²) in [7, 11) is -2.74. The Morgan fingerprint density at radius 3 is 2.06 bits per heavy atom. The van der Waals surface area contributed by atoms with E-state index in [-0.39, 0.29) is 69.5 Å². The molecule has 2 aromatic heterocycles. The van der Waals surface area contributed by atoms with Gasteiger partial charge in [0.25, 0.3) is 15.9 Å². The zero-order valence-corrected chi connectivity index (χ0v) is 30.5. The van der Waals surface area contributed by atoms with E-state index >= 15 is 0 Å². The number of methoxy groups -OCH3 is 1. The molecule has 0 fully saturated rings. The van der Waals surface area contributed by atoms with Crippen molar-refractivity contribution in [1.82, 2.24) is 19.9 Å². The van der Waals surface area contributed by atoms with Crippen molar-refractivity contribution >= 4 is 27.4 Å². The van der Waals surface area contributed by atoms with Crippen LogP contribution in [-0.2, 0) is 25.6 Å². The fourth-order valence-corrected chi connectivity index (χ4v) is 6.04. The van der Waals surface area contributed by atoms with Crippen molar-refractivity contribution in [2.24, 2.45) is 0 Å². The van der Waals surface area contributed by atoms with Gasteiger partial charge in [-0.15, -0.1) is 0 Å². The molecule has 0 spiro atoms. The van der Waals surface area contributed by atoms with Crippen LogP contribution < -0.4 is 24.2 Å². The molecule has 3 aromatic carbocycles. The molecule has 0 saturated carbocycles. The Morgan fingerprint density at radius 2 is 1.41 bits per heavy atom. The fourth-order valence-electron chi connectivity index (χ4n) is 5.04. The Kier molecular flexibility index (Phi) is 10.9. The van der Waals surface area contributed by atoms with E-state index < -0.39 is 10.0 Å². The van der Waals surface area contributed by atoms with Gasteiger partial charge in [0.15, 0.2) is 23.1 Å². The van der Waals surface area contributed by atoms with Crippen LogP contribution in [0.2, 0.25) is 0 Å². The number of aromatic nitrogens is 4. The highest BCUT2D eigenvalue weighted by Crippen LogP contribution is 2.41. The fraction of sp³-hybridized carbons (Fsp3) is 0.289. The molecule has 0 radical (unpaired) electrons. The maximum Gasteiger partial charge on any atom is 0.263 e. The average molecular weight is 711 g/mol. The minimum absolute atomic E-state index is 0.00421. The van der Waals surface area contributed by atoms with Crippen molar-refractivity contribution in [2.45, 2.75) is 63.7 Å². The number of hydrogen-bond acceptors (Lipinski definition) is 10. The molecule has 2 N–H and O–H groups in total. The summed E-state index contributed by atoms with van der Waals surface area (Å²) in [5.74, 6) is -0.170. The number of nitrogens with zero attached hydrogens (tertiary/aromatic N) is 4. The van der Waals surface area contributed by atoms with Crippen molar-refractivity contribution in [3.05, 3.63) is 102 Å². The van der Waals surface area contributed by atoms with Gasteiger partial charge in [-0.25, -0.2) is 23.4 Å². The van der Waals surface area contributed by atoms with Gasteiger partial charge in [-0.05, 0) is 58.4 Å². The molecule has 5 aromatic rings. The molecule has 0 saturated heterocycles. The van der Waals surface area contributed by atoms with Crippen LogP contribution in [-0.4, -0.2) is 48.0 Å². The molecule has 2 heterocycles. The van der Waals surface area contributed by atoms with Crippen LogP contribution >= 0.6 is 0 Å². The Bertz CT molecular complexity index is 2100. The molecular formula is C38H42N6O6S. The van der Waals surface area contributed by atoms with Crippen molar-refractivity contribution in [3.63, 3.8) is 0 Å². The minimum atomic E-state index is -4.22. The Balaban J connectivity index is 1.53. The number of amides is 1. The molecule has 51 heavy (non-hydrogen) atoms. The SMILES string of the molecule is COc1ccccc1Oc1c(NS(=O)(=O)c2ccc(C(C)(C)C)cc2)nc(-c2ncccn2)nc1OCCC(=O)Nc1ccccc1C(C)(C)C. The molecule has 0 atom stereocenters. The average Bonchev–Trinajstić information content (AvgIpc) is 3.09. The molecule has 0 bridgehead atoms. The summed E-state index contributed by atoms with van der Waals surface area (Å²) in [6.45, 7) is 12.2. The third-order valence-corrected chi connectivity index (χ3v) is 9.07. The second-order valence-electron chi connectivity index (χ2n) is 13.7. The van der Waals surface area contributed by atoms with E-state index in [4.69, 9.17) is 14.2 Å². The number of benzene rings is 3. The van der Waals surface area contributed by atoms with Crippen molar-refractivity contribution in [3.8, 4) is 34.8 Å². The zero-order chi connectivity index (χ0) is 36.8. The first kappa shape index (κ1) is 36.7. The molecule has 12 nitrogen and oxygen atoms in total. The molecule has 266 valence electrons. The molecule has 0 aliphatic carbocycles. The van der Waals surface area contributed by atoms with Crippen LogP contribution in [0, 0.1) is 0 Å². The first-order valence-electron chi connectivity index (χ1n) is 16.3. The van der Waals surface area contributed by atoms with E-state index in [1.165, 1.54) is 31.6 Å². The number of carbonyl (C=O) groups excluding carboxylic acids is 1. The minimum Gasteiger partial charge on any atom is -0.493 e. The summed E-state index contributed by atoms with van der Waals surface area (Å²) in [6, 6.07) is 22.6. The van der Waals surface area contributed by atoms with Crippen LogP contribution in [0.1, 0.15) is 59.1 Å². The highest BCUT2D eigenvalue weighted by Gasteiger charge is 2.27. The third kappa shape index (κ3) is 9.17. The van der Waals surface area contributed by atoms with Gasteiger partial charge < -0.3 is 19.5 Å². The van der Waals surface area contributed by atoms with Gasteiger partial charge in [0.2, 0.25) is 17.5 Å². The Hall–Kier alpha value is -5.56. The molecular weight excluding hydrogens is 669 g/mol. The van der Waals surface area contributed by atoms with Crippen LogP contribution in [0.4, 0.5) is 11.5 Å². The third-order valence-electron chi connectivity index (χ3n) is 7.72. The zero-order valence-electron chi connectivity index (χ0n) is 29.7. The lowest BCUT2D eigenvalue weighted by Gasteiger charge is -2.23. The summed E-state index contributed by atoms with van der Waals surface area (Å²) < 4.78 is 48.1. The number of carbonyl (C=O) groups is 1. The maximum atomic E-state index is 13.8. The summed E-state index contributed by atoms with van der Waals surface area (Å²) in [5, 5.41) is 2.97. The smallest absolute Gasteiger partial charge is 0.263 e. The predicted octanol–water partition coefficient (Wildman–Crippen LogP) is 7.54.